The minimum Gasteiger partial charge on any atom is -1.00 e. The Morgan fingerprint density at radius 2 is 1.26 bits per heavy atom. The van der Waals surface area contributed by atoms with Crippen LogP contribution in [0.2, 0.25) is 0 Å². The third-order valence-electron chi connectivity index (χ3n) is 7.11. The standard InChI is InChI=1S/C34H37O2PS.BrH/c1-3-16-32-33(24-23-31(27(2)35)34(32)36)38-26-15-7-14-25-37(28-17-8-4-9-18-28,29-19-10-5-11-20-29)30-21-12-6-13-22-30;/h4-6,8-13,17-24H,3,7,14-16,25-26H2,1-2H3;1H. The molecule has 0 atom stereocenters. The Hall–Kier alpha value is -2.39. The molecule has 4 rings (SSSR count). The first-order valence-electron chi connectivity index (χ1n) is 13.6. The number of unbranched alkanes of at least 4 members (excludes halogenated alkanes) is 2. The minimum absolute atomic E-state index is 0. The van der Waals surface area contributed by atoms with Crippen LogP contribution in [0.1, 0.15) is 55.5 Å². The lowest BCUT2D eigenvalue weighted by atomic mass is 10.0. The van der Waals surface area contributed by atoms with Crippen LogP contribution in [0.4, 0.5) is 0 Å². The monoisotopic (exact) mass is 620 g/mol. The third-order valence-corrected chi connectivity index (χ3v) is 12.8. The van der Waals surface area contributed by atoms with Crippen LogP contribution in [0.15, 0.2) is 108 Å². The quantitative estimate of drug-likeness (QED) is 0.101. The molecule has 0 amide bonds. The number of carbonyl (C=O) groups is 1. The summed E-state index contributed by atoms with van der Waals surface area (Å²) in [4.78, 5) is 13.0. The summed E-state index contributed by atoms with van der Waals surface area (Å²) in [5.41, 5.74) is 1.35. The number of ketones is 1. The van der Waals surface area contributed by atoms with Gasteiger partial charge in [0.05, 0.1) is 11.7 Å². The molecule has 0 fully saturated rings. The molecule has 0 saturated heterocycles. The first-order valence-corrected chi connectivity index (χ1v) is 16.6. The molecule has 1 N–H and O–H groups in total. The molecule has 0 heterocycles. The van der Waals surface area contributed by atoms with Gasteiger partial charge in [0.15, 0.2) is 5.78 Å². The van der Waals surface area contributed by atoms with Crippen molar-refractivity contribution in [3.63, 3.8) is 0 Å². The molecular weight excluding hydrogens is 583 g/mol. The van der Waals surface area contributed by atoms with E-state index in [0.29, 0.717) is 5.56 Å². The molecule has 0 saturated carbocycles. The summed E-state index contributed by atoms with van der Waals surface area (Å²) in [7, 11) is -1.77. The molecule has 0 unspecified atom stereocenters. The van der Waals surface area contributed by atoms with Crippen molar-refractivity contribution in [1.29, 1.82) is 0 Å². The Morgan fingerprint density at radius 1 is 0.744 bits per heavy atom. The number of aromatic hydroxyl groups is 1. The zero-order chi connectivity index (χ0) is 26.8. The van der Waals surface area contributed by atoms with Gasteiger partial charge in [-0.2, -0.15) is 0 Å². The zero-order valence-corrected chi connectivity index (χ0v) is 26.2. The normalized spacial score (nSPS) is 11.1. The van der Waals surface area contributed by atoms with Crippen LogP contribution in [0.3, 0.4) is 0 Å². The number of Topliss-reactive ketones (excluding diaryl/α,β-unsaturated/α-hetero) is 1. The van der Waals surface area contributed by atoms with E-state index in [1.54, 1.807) is 17.8 Å². The number of carbonyl (C=O) groups excluding carboxylic acids is 1. The van der Waals surface area contributed by atoms with Crippen molar-refractivity contribution in [2.75, 3.05) is 11.9 Å². The molecule has 0 aliphatic carbocycles. The highest BCUT2D eigenvalue weighted by molar-refractivity contribution is 7.99. The first-order chi connectivity index (χ1) is 18.6. The first kappa shape index (κ1) is 31.1. The van der Waals surface area contributed by atoms with E-state index in [1.807, 2.05) is 6.07 Å². The molecule has 204 valence electrons. The second kappa shape index (κ2) is 15.4. The summed E-state index contributed by atoms with van der Waals surface area (Å²) in [5.74, 6) is 1.09. The Balaban J connectivity index is 0.00000420. The highest BCUT2D eigenvalue weighted by atomic mass is 79.9. The maximum atomic E-state index is 11.9. The Kier molecular flexibility index (Phi) is 12.3. The predicted octanol–water partition coefficient (Wildman–Crippen LogP) is 4.81. The molecule has 2 nitrogen and oxygen atoms in total. The number of hydrogen-bond donors (Lipinski definition) is 1. The van der Waals surface area contributed by atoms with Gasteiger partial charge in [0, 0.05) is 10.5 Å². The SMILES string of the molecule is CCCc1c(SCCCCC[P+](c2ccccc2)(c2ccccc2)c2ccccc2)ccc(C(C)=O)c1O.[Br-]. The minimum atomic E-state index is -1.77. The van der Waals surface area contributed by atoms with Crippen molar-refractivity contribution in [1.82, 2.24) is 0 Å². The van der Waals surface area contributed by atoms with Gasteiger partial charge in [-0.1, -0.05) is 67.9 Å². The number of halogens is 1. The van der Waals surface area contributed by atoms with Crippen LogP contribution < -0.4 is 32.9 Å². The van der Waals surface area contributed by atoms with Gasteiger partial charge in [0.25, 0.3) is 0 Å². The molecule has 0 aromatic heterocycles. The topological polar surface area (TPSA) is 37.3 Å². The Bertz CT molecular complexity index is 1220. The summed E-state index contributed by atoms with van der Waals surface area (Å²) in [6.45, 7) is 3.62. The third kappa shape index (κ3) is 7.42. The molecule has 39 heavy (non-hydrogen) atoms. The highest BCUT2D eigenvalue weighted by Gasteiger charge is 2.44. The summed E-state index contributed by atoms with van der Waals surface area (Å²) >= 11 is 1.81. The second-order valence-corrected chi connectivity index (χ2v) is 14.4. The number of phenols is 1. The number of thioether (sulfide) groups is 1. The van der Waals surface area contributed by atoms with Crippen molar-refractivity contribution in [3.8, 4) is 5.75 Å². The smallest absolute Gasteiger partial charge is 0.163 e. The van der Waals surface area contributed by atoms with Gasteiger partial charge in [0.1, 0.15) is 28.9 Å². The van der Waals surface area contributed by atoms with Crippen LogP contribution in [0.25, 0.3) is 0 Å². The summed E-state index contributed by atoms with van der Waals surface area (Å²) in [5, 5.41) is 15.0. The average Bonchev–Trinajstić information content (AvgIpc) is 2.96. The predicted molar refractivity (Wildman–Crippen MR) is 167 cm³/mol. The molecule has 0 radical (unpaired) electrons. The van der Waals surface area contributed by atoms with E-state index >= 15 is 0 Å². The van der Waals surface area contributed by atoms with Crippen molar-refractivity contribution in [3.05, 3.63) is 114 Å². The van der Waals surface area contributed by atoms with Gasteiger partial charge < -0.3 is 22.1 Å². The van der Waals surface area contributed by atoms with Gasteiger partial charge in [-0.05, 0) is 86.9 Å². The summed E-state index contributed by atoms with van der Waals surface area (Å²) in [6, 6.07) is 37.1. The van der Waals surface area contributed by atoms with Crippen molar-refractivity contribution < 1.29 is 26.9 Å². The molecule has 4 aromatic carbocycles. The van der Waals surface area contributed by atoms with Crippen molar-refractivity contribution in [2.24, 2.45) is 0 Å². The summed E-state index contributed by atoms with van der Waals surface area (Å²) in [6.07, 6.45) is 6.29. The maximum Gasteiger partial charge on any atom is 0.163 e. The van der Waals surface area contributed by atoms with E-state index in [-0.39, 0.29) is 28.5 Å². The highest BCUT2D eigenvalue weighted by Crippen LogP contribution is 2.56. The molecule has 0 spiro atoms. The van der Waals surface area contributed by atoms with Gasteiger partial charge >= 0.3 is 0 Å². The molecule has 0 bridgehead atoms. The van der Waals surface area contributed by atoms with Crippen LogP contribution in [-0.4, -0.2) is 22.8 Å². The lowest BCUT2D eigenvalue weighted by Crippen LogP contribution is -3.00. The lowest BCUT2D eigenvalue weighted by molar-refractivity contribution is -0.0000168. The van der Waals surface area contributed by atoms with Gasteiger partial charge in [-0.25, -0.2) is 0 Å². The second-order valence-electron chi connectivity index (χ2n) is 9.69. The van der Waals surface area contributed by atoms with Gasteiger partial charge in [-0.3, -0.25) is 4.79 Å². The van der Waals surface area contributed by atoms with E-state index < -0.39 is 7.26 Å². The van der Waals surface area contributed by atoms with E-state index in [9.17, 15) is 9.90 Å². The molecule has 0 aliphatic heterocycles. The lowest BCUT2D eigenvalue weighted by Gasteiger charge is -2.27. The molecule has 5 heteroatoms. The Labute approximate surface area is 249 Å². The number of hydrogen-bond acceptors (Lipinski definition) is 3. The molecule has 0 aliphatic rings. The largest absolute Gasteiger partial charge is 1.00 e. The average molecular weight is 622 g/mol. The van der Waals surface area contributed by atoms with E-state index in [4.69, 9.17) is 0 Å². The fraction of sp³-hybridized carbons (Fsp3) is 0.265. The van der Waals surface area contributed by atoms with Crippen LogP contribution in [-0.2, 0) is 6.42 Å². The van der Waals surface area contributed by atoms with Gasteiger partial charge in [0.2, 0.25) is 0 Å². The number of phenolic OH excluding ortho intramolecular Hbond substituents is 1. The Morgan fingerprint density at radius 3 is 1.72 bits per heavy atom. The van der Waals surface area contributed by atoms with E-state index in [0.717, 1.165) is 54.5 Å². The van der Waals surface area contributed by atoms with E-state index in [1.165, 1.54) is 22.8 Å². The van der Waals surface area contributed by atoms with Gasteiger partial charge in [-0.15, -0.1) is 11.8 Å². The van der Waals surface area contributed by atoms with Crippen LogP contribution in [0, 0.1) is 0 Å². The molecule has 4 aromatic rings. The van der Waals surface area contributed by atoms with E-state index in [2.05, 4.69) is 97.9 Å². The fourth-order valence-electron chi connectivity index (χ4n) is 5.22. The number of benzene rings is 4. The zero-order valence-electron chi connectivity index (χ0n) is 22.9. The van der Waals surface area contributed by atoms with Crippen LogP contribution >= 0.6 is 19.0 Å². The summed E-state index contributed by atoms with van der Waals surface area (Å²) < 4.78 is 0. The van der Waals surface area contributed by atoms with Crippen molar-refractivity contribution >= 4 is 40.7 Å². The maximum absolute atomic E-state index is 11.9. The number of rotatable bonds is 13. The fourth-order valence-corrected chi connectivity index (χ4v) is 10.7. The van der Waals surface area contributed by atoms with Crippen LogP contribution in [0.5, 0.6) is 5.75 Å². The molecular formula is C34H38BrO2PS. The van der Waals surface area contributed by atoms with Crippen molar-refractivity contribution in [2.45, 2.75) is 50.8 Å².